The lowest BCUT2D eigenvalue weighted by molar-refractivity contribution is 0.661. The van der Waals surface area contributed by atoms with Gasteiger partial charge in [-0.1, -0.05) is 60.7 Å². The molecule has 3 rings (SSSR count). The Balaban J connectivity index is 1.68. The molecule has 1 aliphatic rings. The SMILES string of the molecule is ClC(c1ccccc1)[C@H]1C[C@@H]1C(Cl)c1ccccc1. The Morgan fingerprint density at radius 2 is 1.05 bits per heavy atom. The quantitative estimate of drug-likeness (QED) is 0.645. The number of alkyl halides is 2. The Bertz CT molecular complexity index is 474. The van der Waals surface area contributed by atoms with Crippen LogP contribution in [0.15, 0.2) is 60.7 Å². The predicted molar refractivity (Wildman–Crippen MR) is 81.7 cm³/mol. The standard InChI is InChI=1S/C17H16Cl2/c18-16(12-7-3-1-4-8-12)14-11-15(14)17(19)13-9-5-2-6-10-13/h1-10,14-17H,11H2/t14-,15-,16?,17?/m0/s1. The monoisotopic (exact) mass is 290 g/mol. The summed E-state index contributed by atoms with van der Waals surface area (Å²) in [6.07, 6.45) is 1.12. The van der Waals surface area contributed by atoms with Gasteiger partial charge in [0, 0.05) is 0 Å². The van der Waals surface area contributed by atoms with Crippen molar-refractivity contribution in [3.63, 3.8) is 0 Å². The molecule has 0 radical (unpaired) electrons. The molecule has 0 bridgehead atoms. The summed E-state index contributed by atoms with van der Waals surface area (Å²) >= 11 is 13.1. The number of hydrogen-bond donors (Lipinski definition) is 0. The van der Waals surface area contributed by atoms with Gasteiger partial charge in [0.25, 0.3) is 0 Å². The van der Waals surface area contributed by atoms with Crippen LogP contribution < -0.4 is 0 Å². The minimum atomic E-state index is 0.0798. The van der Waals surface area contributed by atoms with Gasteiger partial charge in [-0.05, 0) is 29.4 Å². The van der Waals surface area contributed by atoms with Crippen molar-refractivity contribution in [1.82, 2.24) is 0 Å². The lowest BCUT2D eigenvalue weighted by Crippen LogP contribution is -1.99. The third-order valence-electron chi connectivity index (χ3n) is 3.88. The molecule has 4 atom stereocenters. The first-order valence-electron chi connectivity index (χ1n) is 6.65. The van der Waals surface area contributed by atoms with Gasteiger partial charge in [-0.2, -0.15) is 0 Å². The Morgan fingerprint density at radius 3 is 1.42 bits per heavy atom. The largest absolute Gasteiger partial charge is 0.118 e. The molecule has 1 aliphatic carbocycles. The molecule has 0 saturated heterocycles. The lowest BCUT2D eigenvalue weighted by Gasteiger charge is -2.13. The fraction of sp³-hybridized carbons (Fsp3) is 0.294. The van der Waals surface area contributed by atoms with Gasteiger partial charge in [-0.25, -0.2) is 0 Å². The molecular weight excluding hydrogens is 275 g/mol. The second-order valence-electron chi connectivity index (χ2n) is 5.19. The van der Waals surface area contributed by atoms with Crippen LogP contribution in [0.5, 0.6) is 0 Å². The Morgan fingerprint density at radius 1 is 0.684 bits per heavy atom. The fourth-order valence-corrected chi connectivity index (χ4v) is 3.55. The molecule has 0 spiro atoms. The van der Waals surface area contributed by atoms with E-state index in [0.29, 0.717) is 11.8 Å². The highest BCUT2D eigenvalue weighted by Gasteiger charge is 2.47. The third-order valence-corrected chi connectivity index (χ3v) is 5.03. The highest BCUT2D eigenvalue weighted by atomic mass is 35.5. The van der Waals surface area contributed by atoms with Gasteiger partial charge >= 0.3 is 0 Å². The lowest BCUT2D eigenvalue weighted by atomic mass is 10.0. The van der Waals surface area contributed by atoms with Gasteiger partial charge < -0.3 is 0 Å². The average molecular weight is 291 g/mol. The number of halogens is 2. The minimum absolute atomic E-state index is 0.0798. The summed E-state index contributed by atoms with van der Waals surface area (Å²) in [7, 11) is 0. The summed E-state index contributed by atoms with van der Waals surface area (Å²) in [5, 5.41) is 0.160. The van der Waals surface area contributed by atoms with E-state index in [4.69, 9.17) is 23.2 Å². The highest BCUT2D eigenvalue weighted by Crippen LogP contribution is 2.57. The molecule has 98 valence electrons. The molecule has 0 heterocycles. The van der Waals surface area contributed by atoms with E-state index in [1.165, 1.54) is 11.1 Å². The number of rotatable bonds is 4. The Hall–Kier alpha value is -0.980. The second-order valence-corrected chi connectivity index (χ2v) is 6.13. The van der Waals surface area contributed by atoms with Crippen LogP contribution in [0.4, 0.5) is 0 Å². The van der Waals surface area contributed by atoms with Crippen LogP contribution in [0, 0.1) is 11.8 Å². The normalized spacial score (nSPS) is 24.7. The van der Waals surface area contributed by atoms with E-state index in [-0.39, 0.29) is 10.8 Å². The maximum absolute atomic E-state index is 6.57. The highest BCUT2D eigenvalue weighted by molar-refractivity contribution is 6.22. The van der Waals surface area contributed by atoms with Crippen LogP contribution in [-0.4, -0.2) is 0 Å². The minimum Gasteiger partial charge on any atom is -0.118 e. The van der Waals surface area contributed by atoms with Crippen LogP contribution in [0.2, 0.25) is 0 Å². The molecule has 1 fully saturated rings. The zero-order valence-corrected chi connectivity index (χ0v) is 12.1. The maximum Gasteiger partial charge on any atom is 0.0616 e. The third kappa shape index (κ3) is 2.80. The van der Waals surface area contributed by atoms with Crippen LogP contribution in [-0.2, 0) is 0 Å². The molecule has 1 saturated carbocycles. The molecular formula is C17H16Cl2. The molecule has 19 heavy (non-hydrogen) atoms. The summed E-state index contributed by atoms with van der Waals surface area (Å²) in [6, 6.07) is 20.6. The fourth-order valence-electron chi connectivity index (χ4n) is 2.68. The molecule has 2 aromatic carbocycles. The molecule has 2 heteroatoms. The topological polar surface area (TPSA) is 0 Å². The Labute approximate surface area is 124 Å². The smallest absolute Gasteiger partial charge is 0.0616 e. The van der Waals surface area contributed by atoms with E-state index in [1.54, 1.807) is 0 Å². The molecule has 0 amide bonds. The van der Waals surface area contributed by atoms with Crippen LogP contribution in [0.3, 0.4) is 0 Å². The maximum atomic E-state index is 6.57. The zero-order valence-electron chi connectivity index (χ0n) is 10.5. The van der Waals surface area contributed by atoms with Crippen molar-refractivity contribution in [1.29, 1.82) is 0 Å². The van der Waals surface area contributed by atoms with E-state index < -0.39 is 0 Å². The van der Waals surface area contributed by atoms with Crippen molar-refractivity contribution in [3.05, 3.63) is 71.8 Å². The van der Waals surface area contributed by atoms with E-state index in [2.05, 4.69) is 24.3 Å². The van der Waals surface area contributed by atoms with Crippen molar-refractivity contribution >= 4 is 23.2 Å². The van der Waals surface area contributed by atoms with Gasteiger partial charge in [0.2, 0.25) is 0 Å². The molecule has 2 unspecified atom stereocenters. The van der Waals surface area contributed by atoms with Crippen molar-refractivity contribution in [2.24, 2.45) is 11.8 Å². The second kappa shape index (κ2) is 5.56. The summed E-state index contributed by atoms with van der Waals surface area (Å²) < 4.78 is 0. The van der Waals surface area contributed by atoms with E-state index in [9.17, 15) is 0 Å². The van der Waals surface area contributed by atoms with E-state index >= 15 is 0 Å². The molecule has 0 aliphatic heterocycles. The summed E-state index contributed by atoms with van der Waals surface area (Å²) in [5.74, 6) is 0.985. The molecule has 0 nitrogen and oxygen atoms in total. The predicted octanol–water partition coefficient (Wildman–Crippen LogP) is 5.58. The van der Waals surface area contributed by atoms with Gasteiger partial charge in [0.15, 0.2) is 0 Å². The van der Waals surface area contributed by atoms with Crippen molar-refractivity contribution < 1.29 is 0 Å². The average Bonchev–Trinajstić information content (AvgIpc) is 3.28. The zero-order chi connectivity index (χ0) is 13.2. The van der Waals surface area contributed by atoms with Crippen molar-refractivity contribution in [2.75, 3.05) is 0 Å². The number of hydrogen-bond acceptors (Lipinski definition) is 0. The molecule has 2 aromatic rings. The summed E-state index contributed by atoms with van der Waals surface area (Å²) in [6.45, 7) is 0. The van der Waals surface area contributed by atoms with Gasteiger partial charge in [-0.15, -0.1) is 23.2 Å². The van der Waals surface area contributed by atoms with Crippen molar-refractivity contribution in [3.8, 4) is 0 Å². The Kier molecular flexibility index (Phi) is 3.81. The van der Waals surface area contributed by atoms with Crippen LogP contribution in [0.1, 0.15) is 28.3 Å². The van der Waals surface area contributed by atoms with Crippen molar-refractivity contribution in [2.45, 2.75) is 17.2 Å². The first-order valence-corrected chi connectivity index (χ1v) is 7.52. The van der Waals surface area contributed by atoms with E-state index in [1.807, 2.05) is 36.4 Å². The molecule has 0 aromatic heterocycles. The first-order chi connectivity index (χ1) is 9.27. The van der Waals surface area contributed by atoms with Gasteiger partial charge in [0.1, 0.15) is 0 Å². The van der Waals surface area contributed by atoms with E-state index in [0.717, 1.165) is 6.42 Å². The van der Waals surface area contributed by atoms with Gasteiger partial charge in [-0.3, -0.25) is 0 Å². The summed E-state index contributed by atoms with van der Waals surface area (Å²) in [4.78, 5) is 0. The van der Waals surface area contributed by atoms with Gasteiger partial charge in [0.05, 0.1) is 10.8 Å². The van der Waals surface area contributed by atoms with Crippen LogP contribution >= 0.6 is 23.2 Å². The molecule has 0 N–H and O–H groups in total. The first kappa shape index (κ1) is 13.0. The summed E-state index contributed by atoms with van der Waals surface area (Å²) in [5.41, 5.74) is 2.40. The van der Waals surface area contributed by atoms with Crippen LogP contribution in [0.25, 0.3) is 0 Å². The number of benzene rings is 2.